The van der Waals surface area contributed by atoms with Crippen LogP contribution in [0.25, 0.3) is 0 Å². The van der Waals surface area contributed by atoms with Crippen LogP contribution in [0.3, 0.4) is 0 Å². The zero-order valence-electron chi connectivity index (χ0n) is 12.9. The van der Waals surface area contributed by atoms with E-state index < -0.39 is 60.1 Å². The van der Waals surface area contributed by atoms with Gasteiger partial charge in [-0.05, 0) is 12.8 Å². The van der Waals surface area contributed by atoms with Gasteiger partial charge in [-0.25, -0.2) is 0 Å². The third kappa shape index (κ3) is 2.54. The Hall–Kier alpha value is -1.77. The fourth-order valence-corrected chi connectivity index (χ4v) is 3.67. The molecule has 7 nitrogen and oxygen atoms in total. The summed E-state index contributed by atoms with van der Waals surface area (Å²) < 4.78 is 42.9. The smallest absolute Gasteiger partial charge is 0.323 e. The van der Waals surface area contributed by atoms with Crippen molar-refractivity contribution in [3.8, 4) is 0 Å². The summed E-state index contributed by atoms with van der Waals surface area (Å²) in [5, 5.41) is 10.7. The van der Waals surface area contributed by atoms with Crippen molar-refractivity contribution in [1.29, 1.82) is 0 Å². The highest BCUT2D eigenvalue weighted by molar-refractivity contribution is 5.86. The monoisotopic (exact) mass is 347 g/mol. The van der Waals surface area contributed by atoms with Crippen molar-refractivity contribution in [3.05, 3.63) is 0 Å². The molecule has 0 aromatic carbocycles. The molecule has 3 rings (SSSR count). The molecule has 3 aliphatic heterocycles. The normalized spacial score (nSPS) is 35.0. The Balaban J connectivity index is 1.74. The van der Waals surface area contributed by atoms with Gasteiger partial charge in [-0.15, -0.1) is 0 Å². The number of hydrogen-bond acceptors (Lipinski definition) is 7. The molecule has 0 N–H and O–H groups in total. The number of rotatable bonds is 7. The molecule has 134 valence electrons. The zero-order chi connectivity index (χ0) is 17.6. The Morgan fingerprint density at radius 1 is 1.42 bits per heavy atom. The van der Waals surface area contributed by atoms with Crippen LogP contribution < -0.4 is 5.11 Å². The van der Waals surface area contributed by atoms with Gasteiger partial charge in [0.15, 0.2) is 6.10 Å². The van der Waals surface area contributed by atoms with Crippen LogP contribution in [0, 0.1) is 11.8 Å². The van der Waals surface area contributed by atoms with E-state index in [-0.39, 0.29) is 12.8 Å². The lowest BCUT2D eigenvalue weighted by atomic mass is 9.80. The van der Waals surface area contributed by atoms with Gasteiger partial charge in [0.2, 0.25) is 0 Å². The minimum absolute atomic E-state index is 0.252. The molecule has 0 aromatic rings. The summed E-state index contributed by atoms with van der Waals surface area (Å²) in [7, 11) is 0. The number of ether oxygens (including phenoxy) is 3. The number of esters is 2. The molecule has 0 radical (unpaired) electrons. The van der Waals surface area contributed by atoms with E-state index in [2.05, 4.69) is 0 Å². The second kappa shape index (κ2) is 5.94. The molecular formula is C15H17F2O7-. The molecule has 24 heavy (non-hydrogen) atoms. The largest absolute Gasteiger partial charge is 0.544 e. The van der Waals surface area contributed by atoms with E-state index >= 15 is 0 Å². The van der Waals surface area contributed by atoms with Gasteiger partial charge >= 0.3 is 17.9 Å². The number of fused-ring (bicyclic) bond motifs is 1. The number of carboxylic acid groups (broad SMARTS) is 1. The number of aliphatic carboxylic acids is 1. The van der Waals surface area contributed by atoms with Gasteiger partial charge in [0.25, 0.3) is 0 Å². The predicted octanol–water partition coefficient (Wildman–Crippen LogP) is -0.197. The van der Waals surface area contributed by atoms with Crippen molar-refractivity contribution >= 4 is 17.9 Å². The van der Waals surface area contributed by atoms with E-state index in [4.69, 9.17) is 14.2 Å². The summed E-state index contributed by atoms with van der Waals surface area (Å²) in [6, 6.07) is 0. The van der Waals surface area contributed by atoms with E-state index in [1.807, 2.05) is 0 Å². The first-order valence-corrected chi connectivity index (χ1v) is 7.93. The van der Waals surface area contributed by atoms with Crippen LogP contribution in [0.5, 0.6) is 0 Å². The molecule has 0 aliphatic carbocycles. The Morgan fingerprint density at radius 3 is 2.75 bits per heavy atom. The average Bonchev–Trinajstić information content (AvgIpc) is 3.12. The molecule has 9 heteroatoms. The van der Waals surface area contributed by atoms with Crippen molar-refractivity contribution in [1.82, 2.24) is 0 Å². The molecule has 0 aromatic heterocycles. The summed E-state index contributed by atoms with van der Waals surface area (Å²) >= 11 is 0. The van der Waals surface area contributed by atoms with Crippen LogP contribution in [-0.4, -0.2) is 48.2 Å². The number of alkyl halides is 2. The number of carboxylic acids is 1. The quantitative estimate of drug-likeness (QED) is 0.588. The first-order valence-electron chi connectivity index (χ1n) is 7.93. The van der Waals surface area contributed by atoms with Crippen LogP contribution in [-0.2, 0) is 28.6 Å². The molecule has 0 saturated carbocycles. The maximum absolute atomic E-state index is 13.8. The lowest BCUT2D eigenvalue weighted by Crippen LogP contribution is -2.52. The molecular weight excluding hydrogens is 330 g/mol. The molecule has 2 bridgehead atoms. The highest BCUT2D eigenvalue weighted by atomic mass is 19.3. The summed E-state index contributed by atoms with van der Waals surface area (Å²) in [6.07, 6.45) is -2.97. The second-order valence-electron chi connectivity index (χ2n) is 6.38. The van der Waals surface area contributed by atoms with Crippen LogP contribution in [0.15, 0.2) is 0 Å². The minimum Gasteiger partial charge on any atom is -0.544 e. The molecule has 6 atom stereocenters. The van der Waals surface area contributed by atoms with E-state index in [1.165, 1.54) is 0 Å². The summed E-state index contributed by atoms with van der Waals surface area (Å²) in [4.78, 5) is 34.8. The van der Waals surface area contributed by atoms with Crippen molar-refractivity contribution in [2.24, 2.45) is 11.8 Å². The summed E-state index contributed by atoms with van der Waals surface area (Å²) in [5.41, 5.74) is 0. The van der Waals surface area contributed by atoms with Gasteiger partial charge in [0, 0.05) is 6.42 Å². The number of halogens is 2. The maximum Gasteiger partial charge on any atom is 0.323 e. The highest BCUT2D eigenvalue weighted by Gasteiger charge is 2.66. The molecule has 3 aliphatic rings. The van der Waals surface area contributed by atoms with Crippen molar-refractivity contribution < 1.29 is 42.5 Å². The lowest BCUT2D eigenvalue weighted by Gasteiger charge is -2.29. The van der Waals surface area contributed by atoms with Crippen LogP contribution in [0.1, 0.15) is 32.6 Å². The van der Waals surface area contributed by atoms with Gasteiger partial charge in [0.05, 0.1) is 12.0 Å². The fraction of sp³-hybridized carbons (Fsp3) is 0.800. The van der Waals surface area contributed by atoms with E-state index in [9.17, 15) is 28.3 Å². The Kier molecular flexibility index (Phi) is 4.23. The van der Waals surface area contributed by atoms with Gasteiger partial charge in [-0.1, -0.05) is 13.3 Å². The number of unbranched alkanes of at least 4 members (excludes halogenated alkanes) is 1. The number of carbonyl (C=O) groups excluding carboxylic acids is 3. The number of carbonyl (C=O) groups is 3. The second-order valence-corrected chi connectivity index (χ2v) is 6.38. The van der Waals surface area contributed by atoms with E-state index in [1.54, 1.807) is 6.92 Å². The van der Waals surface area contributed by atoms with Crippen molar-refractivity contribution in [3.63, 3.8) is 0 Å². The molecule has 3 saturated heterocycles. The molecule has 0 spiro atoms. The van der Waals surface area contributed by atoms with E-state index in [0.717, 1.165) is 0 Å². The van der Waals surface area contributed by atoms with Crippen LogP contribution >= 0.6 is 0 Å². The zero-order valence-corrected chi connectivity index (χ0v) is 12.9. The minimum atomic E-state index is -4.30. The highest BCUT2D eigenvalue weighted by Crippen LogP contribution is 2.50. The topological polar surface area (TPSA) is 102 Å². The van der Waals surface area contributed by atoms with Gasteiger partial charge < -0.3 is 24.1 Å². The number of hydrogen-bond donors (Lipinski definition) is 0. The van der Waals surface area contributed by atoms with Crippen molar-refractivity contribution in [2.75, 3.05) is 0 Å². The molecule has 6 unspecified atom stereocenters. The third-order valence-electron chi connectivity index (χ3n) is 4.87. The standard InChI is InChI=1S/C15H18F2O7/c1-2-3-4-8(15(16,17)14(20)21)24-12(18)9-6-5-7-11(22-6)10(9)13(19)23-7/h6-11H,2-5H2,1H3,(H,20,21)/p-1. The first-order chi connectivity index (χ1) is 11.3. The van der Waals surface area contributed by atoms with Gasteiger partial charge in [0.1, 0.15) is 24.1 Å². The van der Waals surface area contributed by atoms with Gasteiger partial charge in [-0.3, -0.25) is 9.59 Å². The molecule has 3 heterocycles. The average molecular weight is 347 g/mol. The Labute approximate surface area is 136 Å². The van der Waals surface area contributed by atoms with E-state index in [0.29, 0.717) is 12.8 Å². The Bertz CT molecular complexity index is 562. The molecule has 3 fully saturated rings. The van der Waals surface area contributed by atoms with Gasteiger partial charge in [-0.2, -0.15) is 8.78 Å². The maximum atomic E-state index is 13.8. The van der Waals surface area contributed by atoms with Crippen LogP contribution in [0.2, 0.25) is 0 Å². The molecule has 0 amide bonds. The SMILES string of the molecule is CCCCC(OC(=O)C1C2CC3OC(=O)C1C3O2)C(F)(F)C(=O)[O-]. The lowest BCUT2D eigenvalue weighted by molar-refractivity contribution is -0.336. The van der Waals surface area contributed by atoms with Crippen molar-refractivity contribution in [2.45, 2.75) is 62.9 Å². The predicted molar refractivity (Wildman–Crippen MR) is 69.5 cm³/mol. The first kappa shape index (κ1) is 17.1. The Morgan fingerprint density at radius 2 is 2.12 bits per heavy atom. The fourth-order valence-electron chi connectivity index (χ4n) is 3.67. The third-order valence-corrected chi connectivity index (χ3v) is 4.87. The summed E-state index contributed by atoms with van der Waals surface area (Å²) in [6.45, 7) is 1.73. The summed E-state index contributed by atoms with van der Waals surface area (Å²) in [5.74, 6) is -10.5. The van der Waals surface area contributed by atoms with Crippen LogP contribution in [0.4, 0.5) is 8.78 Å².